The van der Waals surface area contributed by atoms with Crippen LogP contribution in [-0.4, -0.2) is 44.7 Å². The van der Waals surface area contributed by atoms with Crippen molar-refractivity contribution in [3.8, 4) is 5.82 Å². The Hall–Kier alpha value is -2.44. The van der Waals surface area contributed by atoms with E-state index in [0.29, 0.717) is 23.2 Å². The van der Waals surface area contributed by atoms with E-state index in [0.717, 1.165) is 18.7 Å². The van der Waals surface area contributed by atoms with Gasteiger partial charge in [0, 0.05) is 32.3 Å². The molecule has 0 bridgehead atoms. The minimum Gasteiger partial charge on any atom is -0.384 e. The molecular weight excluding hydrogens is 256 g/mol. The number of aromatic nitrogens is 4. The zero-order valence-corrected chi connectivity index (χ0v) is 11.4. The highest BCUT2D eigenvalue weighted by atomic mass is 16.2. The highest BCUT2D eigenvalue weighted by Gasteiger charge is 2.27. The second kappa shape index (κ2) is 4.59. The van der Waals surface area contributed by atoms with E-state index in [1.165, 1.54) is 4.90 Å². The lowest BCUT2D eigenvalue weighted by atomic mass is 10.4. The summed E-state index contributed by atoms with van der Waals surface area (Å²) in [5.41, 5.74) is 6.18. The first-order valence-corrected chi connectivity index (χ1v) is 6.47. The van der Waals surface area contributed by atoms with Crippen molar-refractivity contribution in [3.63, 3.8) is 0 Å². The number of carbonyl (C=O) groups excluding carboxylic acids is 1. The van der Waals surface area contributed by atoms with Gasteiger partial charge in [-0.2, -0.15) is 5.10 Å². The number of hydrogen-bond donors (Lipinski definition) is 1. The van der Waals surface area contributed by atoms with Gasteiger partial charge in [-0.25, -0.2) is 14.6 Å². The van der Waals surface area contributed by atoms with Crippen molar-refractivity contribution in [2.45, 2.75) is 18.8 Å². The molecule has 7 heteroatoms. The number of nitrogens with two attached hydrogens (primary N) is 1. The Morgan fingerprint density at radius 3 is 2.80 bits per heavy atom. The van der Waals surface area contributed by atoms with Gasteiger partial charge in [0.1, 0.15) is 11.6 Å². The van der Waals surface area contributed by atoms with E-state index < -0.39 is 0 Å². The Labute approximate surface area is 116 Å². The van der Waals surface area contributed by atoms with Crippen LogP contribution in [-0.2, 0) is 0 Å². The fraction of sp³-hybridized carbons (Fsp3) is 0.385. The van der Waals surface area contributed by atoms with Crippen LogP contribution in [0.5, 0.6) is 0 Å². The molecule has 0 aliphatic heterocycles. The molecule has 1 aliphatic rings. The summed E-state index contributed by atoms with van der Waals surface area (Å²) in [4.78, 5) is 22.0. The Bertz CT molecular complexity index is 659. The van der Waals surface area contributed by atoms with Crippen LogP contribution in [0.3, 0.4) is 0 Å². The lowest BCUT2D eigenvalue weighted by molar-refractivity contribution is 0.0821. The first-order chi connectivity index (χ1) is 9.54. The van der Waals surface area contributed by atoms with Crippen LogP contribution in [0.25, 0.3) is 5.82 Å². The zero-order valence-electron chi connectivity index (χ0n) is 11.4. The molecular formula is C13H16N6O. The summed E-state index contributed by atoms with van der Waals surface area (Å²) >= 11 is 0. The van der Waals surface area contributed by atoms with E-state index in [-0.39, 0.29) is 5.91 Å². The van der Waals surface area contributed by atoms with Gasteiger partial charge < -0.3 is 10.6 Å². The maximum Gasteiger partial charge on any atom is 0.273 e. The van der Waals surface area contributed by atoms with Gasteiger partial charge in [-0.1, -0.05) is 0 Å². The zero-order chi connectivity index (χ0) is 14.3. The van der Waals surface area contributed by atoms with Crippen molar-refractivity contribution in [2.75, 3.05) is 19.8 Å². The van der Waals surface area contributed by atoms with Gasteiger partial charge >= 0.3 is 0 Å². The van der Waals surface area contributed by atoms with Gasteiger partial charge in [0.15, 0.2) is 11.5 Å². The Morgan fingerprint density at radius 2 is 2.15 bits per heavy atom. The van der Waals surface area contributed by atoms with E-state index in [4.69, 9.17) is 5.73 Å². The predicted octanol–water partition coefficient (Wildman–Crippen LogP) is 0.824. The molecule has 1 amide bonds. The number of carbonyl (C=O) groups is 1. The average Bonchev–Trinajstić information content (AvgIpc) is 3.14. The summed E-state index contributed by atoms with van der Waals surface area (Å²) in [6.45, 7) is 0. The van der Waals surface area contributed by atoms with E-state index >= 15 is 0 Å². The molecule has 2 aromatic rings. The van der Waals surface area contributed by atoms with Crippen LogP contribution < -0.4 is 5.73 Å². The third-order valence-electron chi connectivity index (χ3n) is 3.14. The van der Waals surface area contributed by atoms with Gasteiger partial charge in [-0.05, 0) is 18.9 Å². The van der Waals surface area contributed by atoms with Crippen molar-refractivity contribution in [1.82, 2.24) is 24.6 Å². The molecule has 1 saturated carbocycles. The molecule has 0 atom stereocenters. The molecule has 2 N–H and O–H groups in total. The monoisotopic (exact) mass is 272 g/mol. The number of nitrogen functional groups attached to an aromatic ring is 1. The van der Waals surface area contributed by atoms with E-state index in [2.05, 4.69) is 15.1 Å². The van der Waals surface area contributed by atoms with Gasteiger partial charge in [0.2, 0.25) is 0 Å². The molecule has 1 fully saturated rings. The highest BCUT2D eigenvalue weighted by Crippen LogP contribution is 2.38. The van der Waals surface area contributed by atoms with Gasteiger partial charge in [-0.3, -0.25) is 4.79 Å². The fourth-order valence-electron chi connectivity index (χ4n) is 1.91. The second-order valence-electron chi connectivity index (χ2n) is 5.13. The summed E-state index contributed by atoms with van der Waals surface area (Å²) in [5.74, 6) is 2.05. The van der Waals surface area contributed by atoms with Gasteiger partial charge in [0.05, 0.1) is 0 Å². The molecule has 2 aromatic heterocycles. The number of amides is 1. The van der Waals surface area contributed by atoms with Gasteiger partial charge in [-0.15, -0.1) is 0 Å². The molecule has 0 unspecified atom stereocenters. The lowest BCUT2D eigenvalue weighted by Crippen LogP contribution is -2.22. The summed E-state index contributed by atoms with van der Waals surface area (Å²) in [6.07, 6.45) is 3.91. The van der Waals surface area contributed by atoms with Crippen LogP contribution in [0.1, 0.15) is 35.1 Å². The fourth-order valence-corrected chi connectivity index (χ4v) is 1.91. The van der Waals surface area contributed by atoms with Crippen molar-refractivity contribution >= 4 is 11.7 Å². The molecule has 0 spiro atoms. The maximum atomic E-state index is 11.8. The Kier molecular flexibility index (Phi) is 2.89. The average molecular weight is 272 g/mol. The summed E-state index contributed by atoms with van der Waals surface area (Å²) in [5, 5.41) is 4.24. The Morgan fingerprint density at radius 1 is 1.40 bits per heavy atom. The molecule has 20 heavy (non-hydrogen) atoms. The molecule has 3 rings (SSSR count). The highest BCUT2D eigenvalue weighted by molar-refractivity contribution is 5.91. The topological polar surface area (TPSA) is 89.9 Å². The molecule has 1 aliphatic carbocycles. The van der Waals surface area contributed by atoms with Crippen LogP contribution in [0.4, 0.5) is 5.82 Å². The second-order valence-corrected chi connectivity index (χ2v) is 5.13. The Balaban J connectivity index is 1.95. The number of nitrogens with zero attached hydrogens (tertiary/aromatic N) is 5. The number of rotatable bonds is 3. The quantitative estimate of drug-likeness (QED) is 0.893. The van der Waals surface area contributed by atoms with Crippen molar-refractivity contribution in [2.24, 2.45) is 0 Å². The SMILES string of the molecule is CN(C)C(=O)c1ccn(-c2cc(N)nc(C3CC3)n2)n1. The minimum atomic E-state index is -0.145. The summed E-state index contributed by atoms with van der Waals surface area (Å²) < 4.78 is 1.56. The molecule has 104 valence electrons. The maximum absolute atomic E-state index is 11.8. The van der Waals surface area contributed by atoms with E-state index in [1.807, 2.05) is 0 Å². The van der Waals surface area contributed by atoms with Crippen LogP contribution in [0.15, 0.2) is 18.3 Å². The summed E-state index contributed by atoms with van der Waals surface area (Å²) in [6, 6.07) is 3.32. The third kappa shape index (κ3) is 2.34. The molecule has 0 saturated heterocycles. The third-order valence-corrected chi connectivity index (χ3v) is 3.14. The molecule has 2 heterocycles. The van der Waals surface area contributed by atoms with Crippen LogP contribution >= 0.6 is 0 Å². The van der Waals surface area contributed by atoms with Crippen molar-refractivity contribution < 1.29 is 4.79 Å². The largest absolute Gasteiger partial charge is 0.384 e. The molecule has 0 radical (unpaired) electrons. The van der Waals surface area contributed by atoms with E-state index in [1.54, 1.807) is 37.1 Å². The first kappa shape index (κ1) is 12.6. The normalized spacial score (nSPS) is 14.3. The van der Waals surface area contributed by atoms with Crippen molar-refractivity contribution in [1.29, 1.82) is 0 Å². The first-order valence-electron chi connectivity index (χ1n) is 6.47. The van der Waals surface area contributed by atoms with Crippen LogP contribution in [0, 0.1) is 0 Å². The minimum absolute atomic E-state index is 0.145. The lowest BCUT2D eigenvalue weighted by Gasteiger charge is -2.07. The summed E-state index contributed by atoms with van der Waals surface area (Å²) in [7, 11) is 3.38. The standard InChI is InChI=1S/C13H16N6O/c1-18(2)13(20)9-5-6-19(17-9)11-7-10(14)15-12(16-11)8-3-4-8/h5-8H,3-4H2,1-2H3,(H2,14,15,16). The van der Waals surface area contributed by atoms with Crippen molar-refractivity contribution in [3.05, 3.63) is 29.8 Å². The number of hydrogen-bond acceptors (Lipinski definition) is 5. The smallest absolute Gasteiger partial charge is 0.273 e. The number of anilines is 1. The van der Waals surface area contributed by atoms with Crippen LogP contribution in [0.2, 0.25) is 0 Å². The predicted molar refractivity (Wildman–Crippen MR) is 73.6 cm³/mol. The van der Waals surface area contributed by atoms with Gasteiger partial charge in [0.25, 0.3) is 5.91 Å². The molecule has 0 aromatic carbocycles. The molecule has 7 nitrogen and oxygen atoms in total. The van der Waals surface area contributed by atoms with E-state index in [9.17, 15) is 4.79 Å².